The Morgan fingerprint density at radius 1 is 1.43 bits per heavy atom. The van der Waals surface area contributed by atoms with Crippen molar-refractivity contribution in [2.24, 2.45) is 11.7 Å². The van der Waals surface area contributed by atoms with E-state index in [1.54, 1.807) is 19.2 Å². The lowest BCUT2D eigenvalue weighted by Gasteiger charge is -2.22. The number of likely N-dealkylation sites (tertiary alicyclic amines) is 1. The van der Waals surface area contributed by atoms with Crippen LogP contribution in [0, 0.1) is 12.8 Å². The van der Waals surface area contributed by atoms with Crippen LogP contribution in [0.3, 0.4) is 0 Å². The summed E-state index contributed by atoms with van der Waals surface area (Å²) >= 11 is 0. The van der Waals surface area contributed by atoms with E-state index in [0.717, 1.165) is 30.6 Å². The minimum absolute atomic E-state index is 0.353. The van der Waals surface area contributed by atoms with Gasteiger partial charge in [-0.05, 0) is 50.0 Å². The van der Waals surface area contributed by atoms with Crippen LogP contribution < -0.4 is 5.73 Å². The molecular formula is C15H25N3O2S. The molecule has 1 saturated heterocycles. The van der Waals surface area contributed by atoms with Gasteiger partial charge in [-0.2, -0.15) is 0 Å². The van der Waals surface area contributed by atoms with E-state index >= 15 is 0 Å². The van der Waals surface area contributed by atoms with Crippen molar-refractivity contribution in [1.29, 1.82) is 0 Å². The van der Waals surface area contributed by atoms with Gasteiger partial charge in [-0.15, -0.1) is 0 Å². The van der Waals surface area contributed by atoms with Crippen molar-refractivity contribution in [1.82, 2.24) is 9.21 Å². The molecule has 2 rings (SSSR count). The Bertz CT molecular complexity index is 601. The van der Waals surface area contributed by atoms with Gasteiger partial charge in [0.2, 0.25) is 10.0 Å². The van der Waals surface area contributed by atoms with Gasteiger partial charge in [0.1, 0.15) is 0 Å². The molecular weight excluding hydrogens is 286 g/mol. The number of rotatable bonds is 5. The molecule has 1 aliphatic heterocycles. The predicted molar refractivity (Wildman–Crippen MR) is 84.5 cm³/mol. The van der Waals surface area contributed by atoms with Gasteiger partial charge in [0.05, 0.1) is 4.90 Å². The third-order valence-corrected chi connectivity index (χ3v) is 6.28. The van der Waals surface area contributed by atoms with Crippen LogP contribution in [0.2, 0.25) is 0 Å². The molecule has 1 unspecified atom stereocenters. The topological polar surface area (TPSA) is 66.6 Å². The van der Waals surface area contributed by atoms with Gasteiger partial charge in [-0.1, -0.05) is 12.1 Å². The molecule has 1 atom stereocenters. The summed E-state index contributed by atoms with van der Waals surface area (Å²) in [6, 6.07) is 5.31. The van der Waals surface area contributed by atoms with Gasteiger partial charge in [0.25, 0.3) is 0 Å². The largest absolute Gasteiger partial charge is 0.326 e. The van der Waals surface area contributed by atoms with E-state index in [-0.39, 0.29) is 0 Å². The molecule has 118 valence electrons. The quantitative estimate of drug-likeness (QED) is 0.882. The van der Waals surface area contributed by atoms with Gasteiger partial charge in [0.15, 0.2) is 0 Å². The summed E-state index contributed by atoms with van der Waals surface area (Å²) in [6.07, 6.45) is 1.05. The number of hydrogen-bond acceptors (Lipinski definition) is 4. The standard InChI is InChI=1S/C15H25N3O2S/c1-12-14(9-16)5-4-6-15(12)21(19,20)18(3)11-13-7-8-17(2)10-13/h4-6,13H,7-11,16H2,1-3H3. The minimum Gasteiger partial charge on any atom is -0.326 e. The second kappa shape index (κ2) is 6.44. The van der Waals surface area contributed by atoms with Crippen LogP contribution >= 0.6 is 0 Å². The molecule has 0 aliphatic carbocycles. The van der Waals surface area contributed by atoms with Crippen molar-refractivity contribution in [3.8, 4) is 0 Å². The Hall–Kier alpha value is -0.950. The zero-order chi connectivity index (χ0) is 15.6. The van der Waals surface area contributed by atoms with Gasteiger partial charge in [-0.3, -0.25) is 0 Å². The average Bonchev–Trinajstić information content (AvgIpc) is 2.84. The summed E-state index contributed by atoms with van der Waals surface area (Å²) in [5.74, 6) is 0.410. The zero-order valence-corrected chi connectivity index (χ0v) is 13.9. The molecule has 5 nitrogen and oxygen atoms in total. The first kappa shape index (κ1) is 16.4. The summed E-state index contributed by atoms with van der Waals surface area (Å²) in [6.45, 7) is 4.75. The second-order valence-corrected chi connectivity index (χ2v) is 7.96. The molecule has 1 fully saturated rings. The summed E-state index contributed by atoms with van der Waals surface area (Å²) in [5, 5.41) is 0. The Morgan fingerprint density at radius 2 is 2.14 bits per heavy atom. The van der Waals surface area contributed by atoms with Crippen LogP contribution in [0.25, 0.3) is 0 Å². The summed E-state index contributed by atoms with van der Waals surface area (Å²) < 4.78 is 27.0. The Morgan fingerprint density at radius 3 is 2.71 bits per heavy atom. The van der Waals surface area contributed by atoms with Crippen LogP contribution in [0.1, 0.15) is 17.5 Å². The number of sulfonamides is 1. The van der Waals surface area contributed by atoms with Gasteiger partial charge < -0.3 is 10.6 Å². The first-order valence-corrected chi connectivity index (χ1v) is 8.73. The zero-order valence-electron chi connectivity index (χ0n) is 13.0. The normalized spacial score (nSPS) is 20.3. The van der Waals surface area contributed by atoms with Crippen LogP contribution in [0.5, 0.6) is 0 Å². The van der Waals surface area contributed by atoms with Crippen molar-refractivity contribution in [3.63, 3.8) is 0 Å². The van der Waals surface area contributed by atoms with Gasteiger partial charge in [0, 0.05) is 26.7 Å². The highest BCUT2D eigenvalue weighted by Gasteiger charge is 2.28. The number of nitrogens with zero attached hydrogens (tertiary/aromatic N) is 2. The summed E-state index contributed by atoms with van der Waals surface area (Å²) in [5.41, 5.74) is 7.31. The van der Waals surface area contributed by atoms with E-state index in [9.17, 15) is 8.42 Å². The van der Waals surface area contributed by atoms with Crippen molar-refractivity contribution in [3.05, 3.63) is 29.3 Å². The fourth-order valence-corrected chi connectivity index (χ4v) is 4.48. The maximum Gasteiger partial charge on any atom is 0.243 e. The van der Waals surface area contributed by atoms with Crippen molar-refractivity contribution in [2.75, 3.05) is 33.7 Å². The Kier molecular flexibility index (Phi) is 5.03. The molecule has 0 spiro atoms. The molecule has 1 aliphatic rings. The van der Waals surface area contributed by atoms with Crippen LogP contribution in [0.4, 0.5) is 0 Å². The van der Waals surface area contributed by atoms with Crippen LogP contribution in [-0.4, -0.2) is 51.4 Å². The number of nitrogens with two attached hydrogens (primary N) is 1. The van der Waals surface area contributed by atoms with Crippen LogP contribution in [0.15, 0.2) is 23.1 Å². The molecule has 0 saturated carbocycles. The minimum atomic E-state index is -3.45. The fraction of sp³-hybridized carbons (Fsp3) is 0.600. The number of benzene rings is 1. The molecule has 0 aromatic heterocycles. The molecule has 1 aromatic carbocycles. The molecule has 1 aromatic rings. The molecule has 0 radical (unpaired) electrons. The predicted octanol–water partition coefficient (Wildman–Crippen LogP) is 1.03. The molecule has 6 heteroatoms. The second-order valence-electron chi connectivity index (χ2n) is 5.95. The third kappa shape index (κ3) is 3.45. The van der Waals surface area contributed by atoms with Crippen molar-refractivity contribution in [2.45, 2.75) is 24.8 Å². The monoisotopic (exact) mass is 311 g/mol. The fourth-order valence-electron chi connectivity index (χ4n) is 2.97. The highest BCUT2D eigenvalue weighted by Crippen LogP contribution is 2.24. The van der Waals surface area contributed by atoms with Gasteiger partial charge in [-0.25, -0.2) is 12.7 Å². The van der Waals surface area contributed by atoms with Crippen molar-refractivity contribution >= 4 is 10.0 Å². The lowest BCUT2D eigenvalue weighted by Crippen LogP contribution is -2.33. The highest BCUT2D eigenvalue weighted by atomic mass is 32.2. The van der Waals surface area contributed by atoms with E-state index in [0.29, 0.717) is 23.9 Å². The molecule has 0 amide bonds. The van der Waals surface area contributed by atoms with E-state index in [1.807, 2.05) is 13.0 Å². The third-order valence-electron chi connectivity index (χ3n) is 4.31. The van der Waals surface area contributed by atoms with Crippen molar-refractivity contribution < 1.29 is 8.42 Å². The molecule has 0 bridgehead atoms. The summed E-state index contributed by atoms with van der Waals surface area (Å²) in [7, 11) is 0.294. The molecule has 21 heavy (non-hydrogen) atoms. The smallest absolute Gasteiger partial charge is 0.243 e. The summed E-state index contributed by atoms with van der Waals surface area (Å²) in [4.78, 5) is 2.62. The number of hydrogen-bond donors (Lipinski definition) is 1. The maximum atomic E-state index is 12.8. The first-order valence-electron chi connectivity index (χ1n) is 7.29. The Labute approximate surface area is 127 Å². The van der Waals surface area contributed by atoms with E-state index in [1.165, 1.54) is 4.31 Å². The highest BCUT2D eigenvalue weighted by molar-refractivity contribution is 7.89. The molecule has 2 N–H and O–H groups in total. The SMILES string of the molecule is Cc1c(CN)cccc1S(=O)(=O)N(C)CC1CCN(C)C1. The lowest BCUT2D eigenvalue weighted by atomic mass is 10.1. The average molecular weight is 311 g/mol. The van der Waals surface area contributed by atoms with E-state index in [2.05, 4.69) is 11.9 Å². The van der Waals surface area contributed by atoms with Gasteiger partial charge >= 0.3 is 0 Å². The maximum absolute atomic E-state index is 12.8. The Balaban J connectivity index is 2.21. The van der Waals surface area contributed by atoms with E-state index in [4.69, 9.17) is 5.73 Å². The van der Waals surface area contributed by atoms with E-state index < -0.39 is 10.0 Å². The van der Waals surface area contributed by atoms with Crippen LogP contribution in [-0.2, 0) is 16.6 Å². The molecule has 1 heterocycles. The first-order chi connectivity index (χ1) is 9.86. The lowest BCUT2D eigenvalue weighted by molar-refractivity contribution is 0.356.